The van der Waals surface area contributed by atoms with E-state index in [1.807, 2.05) is 0 Å². The first-order valence-electron chi connectivity index (χ1n) is 6.82. The summed E-state index contributed by atoms with van der Waals surface area (Å²) in [4.78, 5) is 10.6. The largest absolute Gasteiger partial charge is 0.295 e. The second kappa shape index (κ2) is 7.22. The zero-order valence-electron chi connectivity index (χ0n) is 13.2. The molecule has 0 radical (unpaired) electrons. The summed E-state index contributed by atoms with van der Waals surface area (Å²) in [5.74, 6) is -0.300. The lowest BCUT2D eigenvalue weighted by molar-refractivity contribution is -0.383. The van der Waals surface area contributed by atoms with Gasteiger partial charge in [0.15, 0.2) is 5.82 Å². The molecule has 25 heavy (non-hydrogen) atoms. The summed E-state index contributed by atoms with van der Waals surface area (Å²) in [5.41, 5.74) is -0.424. The fourth-order valence-electron chi connectivity index (χ4n) is 2.36. The van der Waals surface area contributed by atoms with Crippen molar-refractivity contribution in [2.75, 3.05) is 22.9 Å². The van der Waals surface area contributed by atoms with E-state index < -0.39 is 32.6 Å². The Kier molecular flexibility index (Phi) is 5.64. The van der Waals surface area contributed by atoms with Crippen molar-refractivity contribution in [3.63, 3.8) is 0 Å². The van der Waals surface area contributed by atoms with Crippen LogP contribution in [0.5, 0.6) is 0 Å². The number of aromatic nitrogens is 2. The molecular weight excluding hydrogens is 399 g/mol. The second-order valence-corrected chi connectivity index (χ2v) is 8.73. The van der Waals surface area contributed by atoms with Gasteiger partial charge in [-0.05, 0) is 12.5 Å². The fraction of sp³-hybridized carbons (Fsp3) is 0.417. The van der Waals surface area contributed by atoms with Crippen LogP contribution in [0.15, 0.2) is 12.1 Å². The van der Waals surface area contributed by atoms with Gasteiger partial charge in [-0.1, -0.05) is 11.6 Å². The van der Waals surface area contributed by atoms with Crippen LogP contribution in [0.2, 0.25) is 5.02 Å². The Morgan fingerprint density at radius 2 is 2.12 bits per heavy atom. The van der Waals surface area contributed by atoms with E-state index >= 15 is 0 Å². The maximum absolute atomic E-state index is 12.5. The van der Waals surface area contributed by atoms with E-state index in [4.69, 9.17) is 11.6 Å². The molecule has 1 aromatic heterocycles. The van der Waals surface area contributed by atoms with Gasteiger partial charge in [-0.15, -0.1) is 0 Å². The lowest BCUT2D eigenvalue weighted by Crippen LogP contribution is -2.31. The molecule has 0 aliphatic rings. The van der Waals surface area contributed by atoms with Gasteiger partial charge in [0.25, 0.3) is 5.69 Å². The van der Waals surface area contributed by atoms with Crippen LogP contribution in [-0.4, -0.2) is 46.5 Å². The predicted molar refractivity (Wildman–Crippen MR) is 93.4 cm³/mol. The summed E-state index contributed by atoms with van der Waals surface area (Å²) in [6.07, 6.45) is 1.96. The number of fused-ring (bicyclic) bond motifs is 1. The topological polar surface area (TPSA) is 115 Å². The zero-order chi connectivity index (χ0) is 18.9. The van der Waals surface area contributed by atoms with Crippen molar-refractivity contribution in [1.82, 2.24) is 9.78 Å². The Morgan fingerprint density at radius 1 is 1.48 bits per heavy atom. The van der Waals surface area contributed by atoms with E-state index in [9.17, 15) is 27.1 Å². The molecule has 9 nitrogen and oxygen atoms in total. The third-order valence-electron chi connectivity index (χ3n) is 3.21. The number of halogens is 2. The van der Waals surface area contributed by atoms with Gasteiger partial charge in [0.2, 0.25) is 10.0 Å². The number of nitro benzene ring substituents is 1. The van der Waals surface area contributed by atoms with Gasteiger partial charge in [0.05, 0.1) is 28.3 Å². The zero-order valence-corrected chi connectivity index (χ0v) is 15.6. The molecule has 138 valence electrons. The van der Waals surface area contributed by atoms with Gasteiger partial charge in [0, 0.05) is 18.9 Å². The molecular formula is C12H14ClFN4O5S2. The SMILES string of the molecule is CS(=O)N(c1nn(CCCF)c2c([N+](=O)[O-])ccc(Cl)c12)S(C)(=O)=O. The number of anilines is 1. The Balaban J connectivity index is 2.93. The highest BCUT2D eigenvalue weighted by Crippen LogP contribution is 2.39. The molecule has 0 N–H and O–H groups in total. The highest BCUT2D eigenvalue weighted by Gasteiger charge is 2.31. The Hall–Kier alpha value is -1.79. The molecule has 0 bridgehead atoms. The lowest BCUT2D eigenvalue weighted by atomic mass is 10.2. The monoisotopic (exact) mass is 412 g/mol. The first-order chi connectivity index (χ1) is 11.6. The number of aryl methyl sites for hydroxylation is 1. The molecule has 1 unspecified atom stereocenters. The van der Waals surface area contributed by atoms with Gasteiger partial charge in [-0.2, -0.15) is 8.81 Å². The number of rotatable bonds is 7. The van der Waals surface area contributed by atoms with Crippen LogP contribution < -0.4 is 3.71 Å². The van der Waals surface area contributed by atoms with Gasteiger partial charge in [-0.3, -0.25) is 19.2 Å². The first-order valence-corrected chi connectivity index (χ1v) is 10.6. The standard InChI is InChI=1S/C12H14ClFN4O5S2/c1-24(21)18(25(2,22)23)12-10-8(13)4-5-9(17(19)20)11(10)16(15-12)7-3-6-14/h4-5H,3,6-7H2,1-2H3. The third-order valence-corrected chi connectivity index (χ3v) is 6.38. The quantitative estimate of drug-likeness (QED) is 0.507. The summed E-state index contributed by atoms with van der Waals surface area (Å²) < 4.78 is 50.2. The Morgan fingerprint density at radius 3 is 2.60 bits per heavy atom. The molecule has 1 aromatic carbocycles. The number of hydrogen-bond acceptors (Lipinski definition) is 6. The van der Waals surface area contributed by atoms with E-state index in [0.717, 1.165) is 23.3 Å². The van der Waals surface area contributed by atoms with E-state index in [2.05, 4.69) is 5.10 Å². The molecule has 2 rings (SSSR count). The molecule has 0 spiro atoms. The number of hydrogen-bond donors (Lipinski definition) is 0. The number of sulfonamides is 1. The Bertz CT molecular complexity index is 962. The van der Waals surface area contributed by atoms with Crippen molar-refractivity contribution in [3.8, 4) is 0 Å². The van der Waals surface area contributed by atoms with Gasteiger partial charge in [-0.25, -0.2) is 12.6 Å². The lowest BCUT2D eigenvalue weighted by Gasteiger charge is -2.16. The van der Waals surface area contributed by atoms with Crippen molar-refractivity contribution in [1.29, 1.82) is 0 Å². The maximum atomic E-state index is 12.5. The number of non-ortho nitro benzene ring substituents is 1. The van der Waals surface area contributed by atoms with Crippen molar-refractivity contribution in [2.24, 2.45) is 0 Å². The van der Waals surface area contributed by atoms with Crippen molar-refractivity contribution in [3.05, 3.63) is 27.3 Å². The van der Waals surface area contributed by atoms with Gasteiger partial charge in [0.1, 0.15) is 16.5 Å². The smallest absolute Gasteiger partial charge is 0.258 e. The average molecular weight is 413 g/mol. The molecule has 1 atom stereocenters. The minimum atomic E-state index is -4.01. The third kappa shape index (κ3) is 3.75. The highest BCUT2D eigenvalue weighted by molar-refractivity contribution is 8.06. The van der Waals surface area contributed by atoms with Crippen LogP contribution >= 0.6 is 11.6 Å². The maximum Gasteiger partial charge on any atom is 0.295 e. The number of alkyl halides is 1. The summed E-state index contributed by atoms with van der Waals surface area (Å²) in [6, 6.07) is 2.38. The van der Waals surface area contributed by atoms with E-state index in [-0.39, 0.29) is 40.4 Å². The molecule has 1 heterocycles. The minimum Gasteiger partial charge on any atom is -0.258 e. The average Bonchev–Trinajstić information content (AvgIpc) is 2.83. The molecule has 2 aromatic rings. The first kappa shape index (κ1) is 19.5. The highest BCUT2D eigenvalue weighted by atomic mass is 35.5. The molecule has 0 amide bonds. The summed E-state index contributed by atoms with van der Waals surface area (Å²) in [5, 5.41) is 15.3. The summed E-state index contributed by atoms with van der Waals surface area (Å²) in [6.45, 7) is -0.733. The molecule has 13 heteroatoms. The number of nitrogens with zero attached hydrogens (tertiary/aromatic N) is 4. The molecule has 0 saturated heterocycles. The van der Waals surface area contributed by atoms with E-state index in [1.165, 1.54) is 6.07 Å². The van der Waals surface area contributed by atoms with E-state index in [0.29, 0.717) is 3.71 Å². The van der Waals surface area contributed by atoms with Crippen LogP contribution in [0.4, 0.5) is 15.9 Å². The van der Waals surface area contributed by atoms with Crippen LogP contribution in [0, 0.1) is 10.1 Å². The predicted octanol–water partition coefficient (Wildman–Crippen LogP) is 2.02. The van der Waals surface area contributed by atoms with Crippen LogP contribution in [0.1, 0.15) is 6.42 Å². The van der Waals surface area contributed by atoms with Crippen molar-refractivity contribution >= 4 is 55.0 Å². The van der Waals surface area contributed by atoms with E-state index in [1.54, 1.807) is 0 Å². The van der Waals surface area contributed by atoms with Crippen LogP contribution in [0.3, 0.4) is 0 Å². The van der Waals surface area contributed by atoms with Crippen LogP contribution in [-0.2, 0) is 27.6 Å². The summed E-state index contributed by atoms with van der Waals surface area (Å²) >= 11 is 6.11. The fourth-order valence-corrected chi connectivity index (χ4v) is 4.94. The van der Waals surface area contributed by atoms with Gasteiger partial charge >= 0.3 is 0 Å². The molecule has 0 saturated carbocycles. The molecule has 0 aliphatic carbocycles. The minimum absolute atomic E-state index is 0.00111. The summed E-state index contributed by atoms with van der Waals surface area (Å²) in [7, 11) is -6.04. The second-order valence-electron chi connectivity index (χ2n) is 5.05. The molecule has 0 aliphatic heterocycles. The van der Waals surface area contributed by atoms with Crippen molar-refractivity contribution in [2.45, 2.75) is 13.0 Å². The van der Waals surface area contributed by atoms with Crippen LogP contribution in [0.25, 0.3) is 10.9 Å². The van der Waals surface area contributed by atoms with Crippen molar-refractivity contribution < 1.29 is 21.9 Å². The Labute approximate surface area is 150 Å². The normalized spacial score (nSPS) is 13.1. The molecule has 0 fully saturated rings. The van der Waals surface area contributed by atoms with Gasteiger partial charge < -0.3 is 0 Å². The number of nitro groups is 1. The number of benzene rings is 1.